The summed E-state index contributed by atoms with van der Waals surface area (Å²) in [6.07, 6.45) is 8.87. The Morgan fingerprint density at radius 1 is 0.791 bits per heavy atom. The van der Waals surface area contributed by atoms with Gasteiger partial charge in [0.25, 0.3) is 0 Å². The molecule has 0 atom stereocenters. The summed E-state index contributed by atoms with van der Waals surface area (Å²) >= 11 is 1.85. The van der Waals surface area contributed by atoms with Gasteiger partial charge in [0, 0.05) is 42.5 Å². The van der Waals surface area contributed by atoms with Crippen molar-refractivity contribution >= 4 is 65.3 Å². The Labute approximate surface area is 258 Å². The number of aromatic amines is 1. The lowest BCUT2D eigenvalue weighted by Crippen LogP contribution is -1.97. The molecule has 3 heterocycles. The van der Waals surface area contributed by atoms with Crippen LogP contribution in [0.15, 0.2) is 128 Å². The van der Waals surface area contributed by atoms with E-state index in [1.807, 2.05) is 43.5 Å². The van der Waals surface area contributed by atoms with Crippen molar-refractivity contribution in [3.63, 3.8) is 0 Å². The molecule has 3 N–H and O–H groups in total. The van der Waals surface area contributed by atoms with E-state index in [0.717, 1.165) is 11.6 Å². The number of para-hydroxylation sites is 1. The molecule has 0 radical (unpaired) electrons. The molecule has 7 aromatic rings. The highest BCUT2D eigenvalue weighted by molar-refractivity contribution is 7.26. The number of nitrogens with zero attached hydrogens (tertiary/aromatic N) is 1. The number of nitrogens with two attached hydrogens (primary N) is 1. The van der Waals surface area contributed by atoms with E-state index < -0.39 is 0 Å². The Kier molecular flexibility index (Phi) is 10.9. The first-order valence-corrected chi connectivity index (χ1v) is 15.6. The number of hydrogen-bond donors (Lipinski definition) is 2. The number of allylic oxidation sites excluding steroid dienone is 3. The number of nitrogens with one attached hydrogen (secondary N) is 1. The first kappa shape index (κ1) is 31.3. The van der Waals surface area contributed by atoms with Crippen LogP contribution in [0.4, 0.5) is 0 Å². The quantitative estimate of drug-likeness (QED) is 0.200. The van der Waals surface area contributed by atoms with Gasteiger partial charge < -0.3 is 10.8 Å². The lowest BCUT2D eigenvalue weighted by molar-refractivity contribution is 0.990. The average molecular weight is 584 g/mol. The lowest BCUT2D eigenvalue weighted by atomic mass is 10.0. The van der Waals surface area contributed by atoms with Gasteiger partial charge in [-0.3, -0.25) is 4.52 Å². The first-order valence-electron chi connectivity index (χ1n) is 14.8. The molecule has 3 nitrogen and oxygen atoms in total. The zero-order chi connectivity index (χ0) is 30.8. The molecular formula is C39H41N3S. The molecule has 0 aliphatic carbocycles. The average Bonchev–Trinajstić information content (AvgIpc) is 3.61. The van der Waals surface area contributed by atoms with Gasteiger partial charge in [0.2, 0.25) is 0 Å². The lowest BCUT2D eigenvalue weighted by Gasteiger charge is -2.03. The van der Waals surface area contributed by atoms with E-state index in [2.05, 4.69) is 133 Å². The third kappa shape index (κ3) is 6.26. The van der Waals surface area contributed by atoms with Crippen molar-refractivity contribution in [2.45, 2.75) is 27.2 Å². The molecule has 4 heteroatoms. The van der Waals surface area contributed by atoms with E-state index in [1.165, 1.54) is 65.5 Å². The van der Waals surface area contributed by atoms with Crippen molar-refractivity contribution in [2.24, 2.45) is 5.73 Å². The maximum atomic E-state index is 4.50. The minimum atomic E-state index is 1.03. The standard InChI is InChI=1S/C30H20N2S.C6H10.C2H6.CH5N/c1-19-9-7-8-16-31-32-26-13-6-5-12-22(26)24-18-25-23-17-21(20-10-3-2-4-11-20)14-15-27(23)33-30(25)28(19)29(24)32;1-3-5-6-4-2;2*1-2/h2-18,31H,1H2;3,5-6H,1,4H2,2H3;1-2H3;2H2,1H3/b;6-5-;;. The molecule has 0 spiro atoms. The fourth-order valence-electron chi connectivity index (χ4n) is 5.26. The van der Waals surface area contributed by atoms with Gasteiger partial charge in [-0.25, -0.2) is 0 Å². The highest BCUT2D eigenvalue weighted by atomic mass is 32.1. The van der Waals surface area contributed by atoms with E-state index in [-0.39, 0.29) is 0 Å². The number of aromatic nitrogens is 2. The zero-order valence-electron chi connectivity index (χ0n) is 25.6. The van der Waals surface area contributed by atoms with Crippen LogP contribution >= 0.6 is 11.3 Å². The zero-order valence-corrected chi connectivity index (χ0v) is 26.4. The SMILES string of the molecule is C=C/C=C\CC.C=c1cccc[nH]n2c3ccccc3c3cc4c5cc(-c6ccccc6)ccc5sc4c1c32.CC.CN. The van der Waals surface area contributed by atoms with Crippen LogP contribution in [-0.2, 0) is 0 Å². The molecule has 3 aromatic heterocycles. The number of fused-ring (bicyclic) bond motifs is 7. The fourth-order valence-corrected chi connectivity index (χ4v) is 6.50. The minimum absolute atomic E-state index is 1.03. The second-order valence-electron chi connectivity index (χ2n) is 9.50. The van der Waals surface area contributed by atoms with Crippen molar-refractivity contribution in [1.29, 1.82) is 0 Å². The Morgan fingerprint density at radius 2 is 1.51 bits per heavy atom. The molecule has 218 valence electrons. The Morgan fingerprint density at radius 3 is 2.23 bits per heavy atom. The van der Waals surface area contributed by atoms with Gasteiger partial charge >= 0.3 is 0 Å². The van der Waals surface area contributed by atoms with Gasteiger partial charge in [0.1, 0.15) is 0 Å². The number of thiophene rings is 1. The van der Waals surface area contributed by atoms with Crippen molar-refractivity contribution < 1.29 is 0 Å². The second kappa shape index (κ2) is 15.0. The molecule has 0 saturated heterocycles. The highest BCUT2D eigenvalue weighted by Crippen LogP contribution is 2.42. The molecule has 43 heavy (non-hydrogen) atoms. The van der Waals surface area contributed by atoms with Crippen LogP contribution in [0.5, 0.6) is 0 Å². The minimum Gasteiger partial charge on any atom is -0.333 e. The van der Waals surface area contributed by atoms with Crippen LogP contribution < -0.4 is 11.0 Å². The van der Waals surface area contributed by atoms with Crippen molar-refractivity contribution in [1.82, 2.24) is 9.61 Å². The summed E-state index contributed by atoms with van der Waals surface area (Å²) in [7, 11) is 1.50. The molecule has 0 fully saturated rings. The smallest absolute Gasteiger partial charge is 0.0802 e. The summed E-state index contributed by atoms with van der Waals surface area (Å²) < 4.78 is 4.78. The summed E-state index contributed by atoms with van der Waals surface area (Å²) in [6, 6.07) is 34.6. The predicted octanol–water partition coefficient (Wildman–Crippen LogP) is 10.6. The van der Waals surface area contributed by atoms with Gasteiger partial charge in [-0.1, -0.05) is 119 Å². The monoisotopic (exact) mass is 583 g/mol. The maximum absolute atomic E-state index is 4.50. The van der Waals surface area contributed by atoms with E-state index in [0.29, 0.717) is 0 Å². The molecule has 0 saturated carbocycles. The van der Waals surface area contributed by atoms with Gasteiger partial charge in [-0.15, -0.1) is 11.3 Å². The van der Waals surface area contributed by atoms with Crippen LogP contribution in [0.25, 0.3) is 65.1 Å². The van der Waals surface area contributed by atoms with Crippen LogP contribution in [-0.4, -0.2) is 16.7 Å². The number of benzene rings is 4. The molecular weight excluding hydrogens is 543 g/mol. The Bertz CT molecular complexity index is 2090. The van der Waals surface area contributed by atoms with Crippen LogP contribution in [0.2, 0.25) is 0 Å². The van der Waals surface area contributed by atoms with Gasteiger partial charge in [-0.2, -0.15) is 0 Å². The molecule has 7 rings (SSSR count). The van der Waals surface area contributed by atoms with E-state index >= 15 is 0 Å². The molecule has 0 aliphatic rings. The third-order valence-electron chi connectivity index (χ3n) is 7.04. The van der Waals surface area contributed by atoms with Crippen LogP contribution in [0.1, 0.15) is 27.2 Å². The van der Waals surface area contributed by atoms with Crippen LogP contribution in [0, 0.1) is 0 Å². The van der Waals surface area contributed by atoms with Gasteiger partial charge in [0.05, 0.1) is 11.0 Å². The van der Waals surface area contributed by atoms with Crippen molar-refractivity contribution in [3.8, 4) is 11.1 Å². The normalized spacial score (nSPS) is 10.6. The second-order valence-corrected chi connectivity index (χ2v) is 10.6. The summed E-state index contributed by atoms with van der Waals surface area (Å²) in [4.78, 5) is 0. The van der Waals surface area contributed by atoms with Crippen LogP contribution in [0.3, 0.4) is 0 Å². The fraction of sp³-hybridized carbons (Fsp3) is 0.128. The van der Waals surface area contributed by atoms with Gasteiger partial charge in [-0.05, 0) is 60.1 Å². The highest BCUT2D eigenvalue weighted by Gasteiger charge is 2.16. The summed E-state index contributed by atoms with van der Waals surface area (Å²) in [5, 5.41) is 10.8. The number of hydrogen-bond acceptors (Lipinski definition) is 2. The topological polar surface area (TPSA) is 46.2 Å². The van der Waals surface area contributed by atoms with E-state index in [1.54, 1.807) is 6.08 Å². The molecule has 0 aliphatic heterocycles. The van der Waals surface area contributed by atoms with E-state index in [4.69, 9.17) is 0 Å². The maximum Gasteiger partial charge on any atom is 0.0802 e. The Balaban J connectivity index is 0.000000376. The van der Waals surface area contributed by atoms with Crippen molar-refractivity contribution in [3.05, 3.63) is 133 Å². The molecule has 0 amide bonds. The summed E-state index contributed by atoms with van der Waals surface area (Å²) in [5.41, 5.74) is 9.33. The Hall–Kier alpha value is -4.64. The molecule has 0 bridgehead atoms. The number of rotatable bonds is 3. The molecule has 0 unspecified atom stereocenters. The number of H-pyrrole nitrogens is 1. The molecule has 4 aromatic carbocycles. The largest absolute Gasteiger partial charge is 0.333 e. The third-order valence-corrected chi connectivity index (χ3v) is 8.24. The summed E-state index contributed by atoms with van der Waals surface area (Å²) in [6.45, 7) is 14.1. The predicted molar refractivity (Wildman–Crippen MR) is 195 cm³/mol. The van der Waals surface area contributed by atoms with Crippen molar-refractivity contribution in [2.75, 3.05) is 7.05 Å². The van der Waals surface area contributed by atoms with E-state index in [9.17, 15) is 0 Å². The van der Waals surface area contributed by atoms with Gasteiger partial charge in [0.15, 0.2) is 0 Å². The summed E-state index contributed by atoms with van der Waals surface area (Å²) in [5.74, 6) is 0. The first-order chi connectivity index (χ1) is 21.2.